The van der Waals surface area contributed by atoms with Gasteiger partial charge < -0.3 is 4.74 Å². The summed E-state index contributed by atoms with van der Waals surface area (Å²) in [6.07, 6.45) is 5.88. The highest BCUT2D eigenvalue weighted by Gasteiger charge is 2.11. The maximum Gasteiger partial charge on any atom is 0.330 e. The minimum atomic E-state index is -0.259. The lowest BCUT2D eigenvalue weighted by Crippen LogP contribution is -2.08. The molecule has 2 heteroatoms. The third-order valence-corrected chi connectivity index (χ3v) is 2.61. The van der Waals surface area contributed by atoms with Crippen LogP contribution in [0, 0.1) is 17.8 Å². The van der Waals surface area contributed by atoms with Crippen LogP contribution >= 0.6 is 0 Å². The molecule has 0 N–H and O–H groups in total. The molecule has 0 bridgehead atoms. The lowest BCUT2D eigenvalue weighted by molar-refractivity contribution is -0.134. The molecule has 0 aliphatic heterocycles. The number of methoxy groups -OCH3 is 1. The van der Waals surface area contributed by atoms with Gasteiger partial charge in [0.15, 0.2) is 0 Å². The van der Waals surface area contributed by atoms with Crippen molar-refractivity contribution in [1.29, 1.82) is 0 Å². The van der Waals surface area contributed by atoms with E-state index in [9.17, 15) is 4.79 Å². The summed E-state index contributed by atoms with van der Waals surface area (Å²) in [5, 5.41) is 0. The zero-order chi connectivity index (χ0) is 11.8. The molecule has 2 nitrogen and oxygen atoms in total. The van der Waals surface area contributed by atoms with E-state index in [-0.39, 0.29) is 5.97 Å². The van der Waals surface area contributed by atoms with Gasteiger partial charge in [0.25, 0.3) is 0 Å². The molecule has 15 heavy (non-hydrogen) atoms. The number of rotatable bonds is 6. The number of carbonyl (C=O) groups is 1. The summed E-state index contributed by atoms with van der Waals surface area (Å²) in [6, 6.07) is 0. The molecule has 0 amide bonds. The molecule has 88 valence electrons. The summed E-state index contributed by atoms with van der Waals surface area (Å²) in [5.41, 5.74) is 0. The number of esters is 1. The van der Waals surface area contributed by atoms with Crippen molar-refractivity contribution in [3.05, 3.63) is 12.2 Å². The Morgan fingerprint density at radius 2 is 1.80 bits per heavy atom. The van der Waals surface area contributed by atoms with Gasteiger partial charge in [0, 0.05) is 6.08 Å². The molecule has 0 fully saturated rings. The predicted molar refractivity (Wildman–Crippen MR) is 63.6 cm³/mol. The molecule has 0 aliphatic carbocycles. The summed E-state index contributed by atoms with van der Waals surface area (Å²) >= 11 is 0. The van der Waals surface area contributed by atoms with Crippen LogP contribution in [0.2, 0.25) is 0 Å². The van der Waals surface area contributed by atoms with E-state index in [2.05, 4.69) is 32.4 Å². The Labute approximate surface area is 93.7 Å². The van der Waals surface area contributed by atoms with Crippen molar-refractivity contribution in [2.75, 3.05) is 7.11 Å². The quantitative estimate of drug-likeness (QED) is 0.498. The van der Waals surface area contributed by atoms with Crippen LogP contribution in [0.25, 0.3) is 0 Å². The highest BCUT2D eigenvalue weighted by Crippen LogP contribution is 2.21. The fraction of sp³-hybridized carbons (Fsp3) is 0.769. The first kappa shape index (κ1) is 14.2. The van der Waals surface area contributed by atoms with Gasteiger partial charge in [-0.05, 0) is 24.2 Å². The minimum absolute atomic E-state index is 0.259. The number of hydrogen-bond donors (Lipinski definition) is 0. The standard InChI is InChI=1S/C13H24O2/c1-10(2)6-7-12(11(3)4)8-9-13(14)15-5/h8-12H,6-7H2,1-5H3/b9-8+. The van der Waals surface area contributed by atoms with Crippen molar-refractivity contribution in [3.63, 3.8) is 0 Å². The maximum absolute atomic E-state index is 11.0. The highest BCUT2D eigenvalue weighted by atomic mass is 16.5. The summed E-state index contributed by atoms with van der Waals surface area (Å²) in [6.45, 7) is 8.82. The van der Waals surface area contributed by atoms with Crippen molar-refractivity contribution in [2.24, 2.45) is 17.8 Å². The number of allylic oxidation sites excluding steroid dienone is 1. The van der Waals surface area contributed by atoms with Gasteiger partial charge >= 0.3 is 5.97 Å². The van der Waals surface area contributed by atoms with Crippen molar-refractivity contribution in [1.82, 2.24) is 0 Å². The Hall–Kier alpha value is -0.790. The molecule has 1 atom stereocenters. The van der Waals surface area contributed by atoms with E-state index in [1.165, 1.54) is 13.5 Å². The second-order valence-corrected chi connectivity index (χ2v) is 4.76. The average Bonchev–Trinajstić information content (AvgIpc) is 2.16. The monoisotopic (exact) mass is 212 g/mol. The first-order chi connectivity index (χ1) is 6.97. The molecule has 0 spiro atoms. The van der Waals surface area contributed by atoms with E-state index < -0.39 is 0 Å². The zero-order valence-corrected chi connectivity index (χ0v) is 10.6. The summed E-state index contributed by atoms with van der Waals surface area (Å²) < 4.78 is 4.58. The molecule has 0 aromatic rings. The normalized spacial score (nSPS) is 13.8. The summed E-state index contributed by atoms with van der Waals surface area (Å²) in [5.74, 6) is 1.51. The molecule has 1 unspecified atom stereocenters. The van der Waals surface area contributed by atoms with Crippen LogP contribution in [0.1, 0.15) is 40.5 Å². The molecule has 0 radical (unpaired) electrons. The van der Waals surface area contributed by atoms with Gasteiger partial charge in [0.2, 0.25) is 0 Å². The van der Waals surface area contributed by atoms with E-state index in [1.807, 2.05) is 6.08 Å². The molecule has 0 saturated carbocycles. The van der Waals surface area contributed by atoms with E-state index in [4.69, 9.17) is 0 Å². The van der Waals surface area contributed by atoms with Crippen molar-refractivity contribution >= 4 is 5.97 Å². The predicted octanol–water partition coefficient (Wildman–Crippen LogP) is 3.42. The lowest BCUT2D eigenvalue weighted by Gasteiger charge is -2.17. The van der Waals surface area contributed by atoms with Crippen molar-refractivity contribution in [3.8, 4) is 0 Å². The second kappa shape index (κ2) is 7.49. The first-order valence-electron chi connectivity index (χ1n) is 5.73. The van der Waals surface area contributed by atoms with Gasteiger partial charge in [-0.25, -0.2) is 4.79 Å². The molecule has 0 rings (SSSR count). The molecule has 0 heterocycles. The summed E-state index contributed by atoms with van der Waals surface area (Å²) in [4.78, 5) is 11.0. The van der Waals surface area contributed by atoms with Crippen molar-refractivity contribution in [2.45, 2.75) is 40.5 Å². The van der Waals surface area contributed by atoms with Gasteiger partial charge in [-0.3, -0.25) is 0 Å². The average molecular weight is 212 g/mol. The second-order valence-electron chi connectivity index (χ2n) is 4.76. The topological polar surface area (TPSA) is 26.3 Å². The van der Waals surface area contributed by atoms with Crippen molar-refractivity contribution < 1.29 is 9.53 Å². The molecule has 0 aromatic carbocycles. The molecular formula is C13H24O2. The Bertz CT molecular complexity index is 205. The fourth-order valence-electron chi connectivity index (χ4n) is 1.45. The number of hydrogen-bond acceptors (Lipinski definition) is 2. The Balaban J connectivity index is 4.15. The molecule has 0 saturated heterocycles. The van der Waals surface area contributed by atoms with E-state index in [1.54, 1.807) is 6.08 Å². The Morgan fingerprint density at radius 3 is 2.20 bits per heavy atom. The number of ether oxygens (including phenoxy) is 1. The van der Waals surface area contributed by atoms with E-state index in [0.29, 0.717) is 11.8 Å². The largest absolute Gasteiger partial charge is 0.466 e. The van der Waals surface area contributed by atoms with E-state index in [0.717, 1.165) is 12.3 Å². The van der Waals surface area contributed by atoms with Crippen LogP contribution in [0.15, 0.2) is 12.2 Å². The van der Waals surface area contributed by atoms with Gasteiger partial charge in [-0.15, -0.1) is 0 Å². The van der Waals surface area contributed by atoms with Gasteiger partial charge in [-0.2, -0.15) is 0 Å². The third-order valence-electron chi connectivity index (χ3n) is 2.61. The van der Waals surface area contributed by atoms with Gasteiger partial charge in [0.1, 0.15) is 0 Å². The summed E-state index contributed by atoms with van der Waals surface area (Å²) in [7, 11) is 1.41. The van der Waals surface area contributed by atoms with Crippen LogP contribution in [0.3, 0.4) is 0 Å². The number of carbonyl (C=O) groups excluding carboxylic acids is 1. The van der Waals surface area contributed by atoms with Crippen LogP contribution < -0.4 is 0 Å². The van der Waals surface area contributed by atoms with Crippen LogP contribution in [0.4, 0.5) is 0 Å². The SMILES string of the molecule is COC(=O)/C=C/C(CCC(C)C)C(C)C. The van der Waals surface area contributed by atoms with Gasteiger partial charge in [-0.1, -0.05) is 40.2 Å². The minimum Gasteiger partial charge on any atom is -0.466 e. The molecular weight excluding hydrogens is 188 g/mol. The van der Waals surface area contributed by atoms with Crippen LogP contribution in [0.5, 0.6) is 0 Å². The highest BCUT2D eigenvalue weighted by molar-refractivity contribution is 5.81. The third kappa shape index (κ3) is 7.18. The fourth-order valence-corrected chi connectivity index (χ4v) is 1.45. The Morgan fingerprint density at radius 1 is 1.20 bits per heavy atom. The Kier molecular flexibility index (Phi) is 7.10. The smallest absolute Gasteiger partial charge is 0.330 e. The maximum atomic E-state index is 11.0. The molecule has 0 aromatic heterocycles. The van der Waals surface area contributed by atoms with E-state index >= 15 is 0 Å². The van der Waals surface area contributed by atoms with Gasteiger partial charge in [0.05, 0.1) is 7.11 Å². The molecule has 0 aliphatic rings. The van der Waals surface area contributed by atoms with Crippen LogP contribution in [-0.2, 0) is 9.53 Å². The lowest BCUT2D eigenvalue weighted by atomic mass is 9.88. The van der Waals surface area contributed by atoms with Crippen LogP contribution in [-0.4, -0.2) is 13.1 Å². The zero-order valence-electron chi connectivity index (χ0n) is 10.6. The first-order valence-corrected chi connectivity index (χ1v) is 5.73.